The lowest BCUT2D eigenvalue weighted by Crippen LogP contribution is -2.17. The Morgan fingerprint density at radius 1 is 1.15 bits per heavy atom. The molecule has 1 aromatic heterocycles. The number of benzene rings is 1. The molecule has 7 heteroatoms. The van der Waals surface area contributed by atoms with Crippen molar-refractivity contribution in [3.8, 4) is 22.6 Å². The van der Waals surface area contributed by atoms with Gasteiger partial charge in [0.15, 0.2) is 5.75 Å². The summed E-state index contributed by atoms with van der Waals surface area (Å²) in [4.78, 5) is 11.3. The summed E-state index contributed by atoms with van der Waals surface area (Å²) in [6.07, 6.45) is -3.27. The molecule has 0 saturated heterocycles. The maximum atomic E-state index is 12.0. The minimum Gasteiger partial charge on any atom is -0.503 e. The molecule has 0 aliphatic carbocycles. The van der Waals surface area contributed by atoms with E-state index in [0.717, 1.165) is 12.1 Å². The number of rotatable bonds is 2. The third kappa shape index (κ3) is 3.11. The minimum absolute atomic E-state index is 0.338. The Kier molecular flexibility index (Phi) is 3.44. The summed E-state index contributed by atoms with van der Waals surface area (Å²) in [6, 6.07) is 6.37. The largest absolute Gasteiger partial charge is 0.573 e. The lowest BCUT2D eigenvalue weighted by atomic mass is 10.1. The molecule has 2 aromatic rings. The topological polar surface area (TPSA) is 51.5 Å². The SMILES string of the molecule is Cn1cc(-c2ccc(OC(F)(F)F)cc2)cc(O)c1=O. The average molecular weight is 285 g/mol. The van der Waals surface area contributed by atoms with Crippen molar-refractivity contribution in [3.63, 3.8) is 0 Å². The molecule has 1 heterocycles. The normalized spacial score (nSPS) is 11.4. The van der Waals surface area contributed by atoms with Gasteiger partial charge in [-0.15, -0.1) is 13.2 Å². The van der Waals surface area contributed by atoms with Crippen molar-refractivity contribution in [2.24, 2.45) is 7.05 Å². The summed E-state index contributed by atoms with van der Waals surface area (Å²) in [6.45, 7) is 0. The lowest BCUT2D eigenvalue weighted by molar-refractivity contribution is -0.274. The summed E-state index contributed by atoms with van der Waals surface area (Å²) < 4.78 is 41.0. The van der Waals surface area contributed by atoms with Crippen LogP contribution >= 0.6 is 0 Å². The Morgan fingerprint density at radius 2 is 1.75 bits per heavy atom. The first-order valence-corrected chi connectivity index (χ1v) is 5.52. The monoisotopic (exact) mass is 285 g/mol. The van der Waals surface area contributed by atoms with Crippen LogP contribution in [0, 0.1) is 0 Å². The van der Waals surface area contributed by atoms with Gasteiger partial charge in [-0.3, -0.25) is 4.79 Å². The molecule has 20 heavy (non-hydrogen) atoms. The Morgan fingerprint density at radius 3 is 2.25 bits per heavy atom. The molecule has 0 amide bonds. The van der Waals surface area contributed by atoms with E-state index in [-0.39, 0.29) is 5.75 Å². The van der Waals surface area contributed by atoms with Crippen molar-refractivity contribution in [1.29, 1.82) is 0 Å². The summed E-state index contributed by atoms with van der Waals surface area (Å²) in [5, 5.41) is 9.44. The van der Waals surface area contributed by atoms with E-state index in [1.165, 1.54) is 36.0 Å². The average Bonchev–Trinajstić information content (AvgIpc) is 2.34. The van der Waals surface area contributed by atoms with Crippen LogP contribution in [0.25, 0.3) is 11.1 Å². The zero-order valence-corrected chi connectivity index (χ0v) is 10.3. The second-order valence-corrected chi connectivity index (χ2v) is 4.10. The highest BCUT2D eigenvalue weighted by atomic mass is 19.4. The van der Waals surface area contributed by atoms with Crippen LogP contribution in [-0.4, -0.2) is 16.0 Å². The standard InChI is InChI=1S/C13H10F3NO3/c1-17-7-9(6-11(18)12(17)19)8-2-4-10(5-3-8)20-13(14,15)16/h2-7,18H,1H3. The Hall–Kier alpha value is -2.44. The van der Waals surface area contributed by atoms with Gasteiger partial charge in [-0.25, -0.2) is 0 Å². The summed E-state index contributed by atoms with van der Waals surface area (Å²) in [7, 11) is 1.46. The van der Waals surface area contributed by atoms with Crippen LogP contribution in [0.4, 0.5) is 13.2 Å². The molecule has 0 radical (unpaired) electrons. The van der Waals surface area contributed by atoms with Gasteiger partial charge in [-0.2, -0.15) is 0 Å². The first-order valence-electron chi connectivity index (χ1n) is 5.52. The molecule has 0 unspecified atom stereocenters. The van der Waals surface area contributed by atoms with Gasteiger partial charge in [0.1, 0.15) is 5.75 Å². The number of alkyl halides is 3. The first kappa shape index (κ1) is 14.0. The number of hydrogen-bond acceptors (Lipinski definition) is 3. The van der Waals surface area contributed by atoms with E-state index >= 15 is 0 Å². The number of pyridine rings is 1. The van der Waals surface area contributed by atoms with Crippen molar-refractivity contribution in [2.75, 3.05) is 0 Å². The zero-order valence-electron chi connectivity index (χ0n) is 10.3. The molecule has 0 bridgehead atoms. The van der Waals surface area contributed by atoms with Crippen LogP contribution in [0.15, 0.2) is 41.3 Å². The van der Waals surface area contributed by atoms with E-state index in [1.807, 2.05) is 0 Å². The quantitative estimate of drug-likeness (QED) is 0.923. The third-order valence-corrected chi connectivity index (χ3v) is 2.59. The predicted molar refractivity (Wildman–Crippen MR) is 65.5 cm³/mol. The van der Waals surface area contributed by atoms with Gasteiger partial charge in [0.25, 0.3) is 5.56 Å². The molecule has 2 rings (SSSR count). The number of aromatic nitrogens is 1. The summed E-state index contributed by atoms with van der Waals surface area (Å²) >= 11 is 0. The van der Waals surface area contributed by atoms with Gasteiger partial charge in [0.2, 0.25) is 0 Å². The Bertz CT molecular complexity index is 648. The third-order valence-electron chi connectivity index (χ3n) is 2.59. The molecule has 106 valence electrons. The summed E-state index contributed by atoms with van der Waals surface area (Å²) in [5.41, 5.74) is 0.499. The second-order valence-electron chi connectivity index (χ2n) is 4.10. The van der Waals surface area contributed by atoms with E-state index in [1.54, 1.807) is 0 Å². The van der Waals surface area contributed by atoms with Crippen molar-refractivity contribution >= 4 is 0 Å². The van der Waals surface area contributed by atoms with Crippen LogP contribution < -0.4 is 10.3 Å². The van der Waals surface area contributed by atoms with Gasteiger partial charge >= 0.3 is 6.36 Å². The molecule has 0 aliphatic rings. The number of aromatic hydroxyl groups is 1. The fraction of sp³-hybridized carbons (Fsp3) is 0.154. The molecular formula is C13H10F3NO3. The first-order chi connectivity index (χ1) is 9.26. The van der Waals surface area contributed by atoms with Crippen LogP contribution in [-0.2, 0) is 7.05 Å². The molecular weight excluding hydrogens is 275 g/mol. The van der Waals surface area contributed by atoms with Crippen molar-refractivity contribution < 1.29 is 23.0 Å². The number of aryl methyl sites for hydroxylation is 1. The molecule has 0 saturated carbocycles. The Labute approximate surface area is 111 Å². The highest BCUT2D eigenvalue weighted by molar-refractivity contribution is 5.64. The van der Waals surface area contributed by atoms with Crippen LogP contribution in [0.3, 0.4) is 0 Å². The minimum atomic E-state index is -4.74. The summed E-state index contributed by atoms with van der Waals surface area (Å²) in [5.74, 6) is -0.768. The molecule has 4 nitrogen and oxygen atoms in total. The molecule has 0 atom stereocenters. The van der Waals surface area contributed by atoms with E-state index in [2.05, 4.69) is 4.74 Å². The van der Waals surface area contributed by atoms with Crippen LogP contribution in [0.2, 0.25) is 0 Å². The van der Waals surface area contributed by atoms with E-state index in [0.29, 0.717) is 11.1 Å². The van der Waals surface area contributed by atoms with Crippen molar-refractivity contribution in [2.45, 2.75) is 6.36 Å². The van der Waals surface area contributed by atoms with Crippen LogP contribution in [0.5, 0.6) is 11.5 Å². The molecule has 1 aromatic carbocycles. The van der Waals surface area contributed by atoms with E-state index in [4.69, 9.17) is 0 Å². The van der Waals surface area contributed by atoms with Crippen LogP contribution in [0.1, 0.15) is 0 Å². The maximum Gasteiger partial charge on any atom is 0.573 e. The number of hydrogen-bond donors (Lipinski definition) is 1. The predicted octanol–water partition coefficient (Wildman–Crippen LogP) is 2.66. The van der Waals surface area contributed by atoms with Crippen molar-refractivity contribution in [1.82, 2.24) is 4.57 Å². The zero-order chi connectivity index (χ0) is 14.9. The highest BCUT2D eigenvalue weighted by Crippen LogP contribution is 2.26. The van der Waals surface area contributed by atoms with E-state index < -0.39 is 17.7 Å². The molecule has 0 spiro atoms. The fourth-order valence-electron chi connectivity index (χ4n) is 1.70. The Balaban J connectivity index is 2.33. The van der Waals surface area contributed by atoms with Gasteiger partial charge in [-0.05, 0) is 23.8 Å². The van der Waals surface area contributed by atoms with Gasteiger partial charge in [0, 0.05) is 18.8 Å². The van der Waals surface area contributed by atoms with Gasteiger partial charge in [0.05, 0.1) is 0 Å². The van der Waals surface area contributed by atoms with Gasteiger partial charge < -0.3 is 14.4 Å². The molecule has 0 aliphatic heterocycles. The highest BCUT2D eigenvalue weighted by Gasteiger charge is 2.30. The van der Waals surface area contributed by atoms with Crippen molar-refractivity contribution in [3.05, 3.63) is 46.9 Å². The van der Waals surface area contributed by atoms with Gasteiger partial charge in [-0.1, -0.05) is 12.1 Å². The molecule has 1 N–H and O–H groups in total. The smallest absolute Gasteiger partial charge is 0.503 e. The lowest BCUT2D eigenvalue weighted by Gasteiger charge is -2.10. The fourth-order valence-corrected chi connectivity index (χ4v) is 1.70. The number of ether oxygens (including phenoxy) is 1. The second kappa shape index (κ2) is 4.92. The maximum absolute atomic E-state index is 12.0. The number of halogens is 3. The van der Waals surface area contributed by atoms with E-state index in [9.17, 15) is 23.1 Å². The molecule has 0 fully saturated rings. The number of nitrogens with zero attached hydrogens (tertiary/aromatic N) is 1.